The first-order valence-corrected chi connectivity index (χ1v) is 21.2. The molecule has 4 aromatic rings. The molecular weight excluding hydrogens is 790 g/mol. The summed E-state index contributed by atoms with van der Waals surface area (Å²) >= 11 is 0. The quantitative estimate of drug-likeness (QED) is 0.189. The number of phenols is 1. The number of phenolic OH excluding ortho intramolecular Hbond substituents is 1. The predicted molar refractivity (Wildman–Crippen MR) is 220 cm³/mol. The maximum atomic E-state index is 15.0. The number of carbonyl (C=O) groups is 3. The van der Waals surface area contributed by atoms with Crippen LogP contribution < -0.4 is 25.2 Å². The summed E-state index contributed by atoms with van der Waals surface area (Å²) in [6, 6.07) is 17.4. The minimum atomic E-state index is -2.70. The van der Waals surface area contributed by atoms with Crippen LogP contribution in [-0.2, 0) is 22.6 Å². The van der Waals surface area contributed by atoms with E-state index < -0.39 is 41.6 Å². The molecule has 0 radical (unpaired) electrons. The number of rotatable bonds is 8. The summed E-state index contributed by atoms with van der Waals surface area (Å²) in [7, 11) is 0. The molecule has 1 aromatic heterocycles. The normalized spacial score (nSPS) is 25.2. The van der Waals surface area contributed by atoms with Crippen LogP contribution in [0.4, 0.5) is 30.4 Å². The number of hydrogen-bond acceptors (Lipinski definition) is 11. The number of anilines is 3. The Kier molecular flexibility index (Phi) is 9.80. The second-order valence-electron chi connectivity index (χ2n) is 17.4. The van der Waals surface area contributed by atoms with Crippen LogP contribution in [-0.4, -0.2) is 106 Å². The van der Waals surface area contributed by atoms with Crippen LogP contribution in [0.3, 0.4) is 0 Å². The summed E-state index contributed by atoms with van der Waals surface area (Å²) in [6.07, 6.45) is 0.308. The van der Waals surface area contributed by atoms with Crippen molar-refractivity contribution in [3.05, 3.63) is 88.7 Å². The van der Waals surface area contributed by atoms with Gasteiger partial charge in [-0.3, -0.25) is 24.6 Å². The molecule has 61 heavy (non-hydrogen) atoms. The number of nitrogens with zero attached hydrogens (tertiary/aromatic N) is 6. The molecule has 13 nitrogen and oxygen atoms in total. The zero-order chi connectivity index (χ0) is 42.2. The first kappa shape index (κ1) is 39.2. The van der Waals surface area contributed by atoms with E-state index in [9.17, 15) is 23.9 Å². The maximum absolute atomic E-state index is 15.0. The van der Waals surface area contributed by atoms with Crippen molar-refractivity contribution in [1.29, 1.82) is 0 Å². The molecule has 4 atom stereocenters. The molecule has 0 aliphatic carbocycles. The van der Waals surface area contributed by atoms with Gasteiger partial charge in [-0.2, -0.15) is 0 Å². The SMILES string of the molecule is CC1c2ccc(O[C@H]3CN4c5cc(-c6cccc(F)c6O)nnc5NC[C@@]4(C(F)F)C3)cc2CCN1CC1CCN(c2ccc3c(c2)C(=O)N([C@H]2CCC(=O)NC2=O)C3)CC1. The minimum Gasteiger partial charge on any atom is -0.504 e. The standard InChI is InChI=1S/C45H47F3N8O5/c1-25-32-8-7-30(61-31-20-45(44(47)48)24-49-41-38(56(45)23-31)19-36(51-52-41)33-3-2-4-35(46)40(33)58)17-27(32)13-16-54(25)21-26-11-14-53(15-12-26)29-6-5-28-22-55(43(60)34(28)18-29)37-9-10-39(57)50-42(37)59/h2-8,17-19,25-26,31,37,44,58H,9-16,20-24H2,1H3,(H,49,52)(H,50,57,59)/t25?,31-,37+,45-/m1/s1. The second-order valence-corrected chi connectivity index (χ2v) is 17.4. The van der Waals surface area contributed by atoms with Gasteiger partial charge in [0, 0.05) is 75.0 Å². The minimum absolute atomic E-state index is 0.0462. The lowest BCUT2D eigenvalue weighted by Gasteiger charge is -2.43. The Morgan fingerprint density at radius 3 is 2.59 bits per heavy atom. The van der Waals surface area contributed by atoms with Gasteiger partial charge in [0.1, 0.15) is 23.4 Å². The lowest BCUT2D eigenvalue weighted by Crippen LogP contribution is -2.57. The van der Waals surface area contributed by atoms with E-state index in [1.54, 1.807) is 15.9 Å². The van der Waals surface area contributed by atoms with Crippen LogP contribution >= 0.6 is 0 Å². The van der Waals surface area contributed by atoms with Crippen molar-refractivity contribution in [2.75, 3.05) is 54.4 Å². The molecule has 6 aliphatic heterocycles. The lowest BCUT2D eigenvalue weighted by atomic mass is 9.90. The predicted octanol–water partition coefficient (Wildman–Crippen LogP) is 5.67. The number of carbonyl (C=O) groups excluding carboxylic acids is 3. The highest BCUT2D eigenvalue weighted by Crippen LogP contribution is 2.47. The van der Waals surface area contributed by atoms with Gasteiger partial charge < -0.3 is 29.9 Å². The number of aromatic nitrogens is 2. The van der Waals surface area contributed by atoms with E-state index in [1.807, 2.05) is 18.2 Å². The summed E-state index contributed by atoms with van der Waals surface area (Å²) in [5.74, 6) is -0.745. The van der Waals surface area contributed by atoms with Gasteiger partial charge in [0.15, 0.2) is 17.4 Å². The number of hydrogen-bond donors (Lipinski definition) is 3. The molecule has 1 unspecified atom stereocenters. The van der Waals surface area contributed by atoms with Crippen LogP contribution in [0.5, 0.6) is 11.5 Å². The first-order chi connectivity index (χ1) is 29.5. The number of fused-ring (bicyclic) bond motifs is 5. The monoisotopic (exact) mass is 836 g/mol. The fourth-order valence-corrected chi connectivity index (χ4v) is 10.4. The maximum Gasteiger partial charge on any atom is 0.263 e. The van der Waals surface area contributed by atoms with E-state index in [-0.39, 0.29) is 55.0 Å². The smallest absolute Gasteiger partial charge is 0.263 e. The van der Waals surface area contributed by atoms with Gasteiger partial charge >= 0.3 is 0 Å². The third-order valence-corrected chi connectivity index (χ3v) is 13.9. The van der Waals surface area contributed by atoms with Crippen molar-refractivity contribution in [1.82, 2.24) is 25.3 Å². The summed E-state index contributed by atoms with van der Waals surface area (Å²) < 4.78 is 50.7. The van der Waals surface area contributed by atoms with E-state index in [0.717, 1.165) is 62.8 Å². The Labute approximate surface area is 350 Å². The Balaban J connectivity index is 0.761. The topological polar surface area (TPSA) is 143 Å². The van der Waals surface area contributed by atoms with E-state index in [1.165, 1.54) is 23.3 Å². The number of piperidine rings is 2. The number of ether oxygens (including phenoxy) is 1. The summed E-state index contributed by atoms with van der Waals surface area (Å²) in [5.41, 5.74) is 4.12. The Morgan fingerprint density at radius 2 is 1.79 bits per heavy atom. The molecule has 3 fully saturated rings. The van der Waals surface area contributed by atoms with Crippen LogP contribution in [0.15, 0.2) is 60.7 Å². The van der Waals surface area contributed by atoms with E-state index in [4.69, 9.17) is 4.74 Å². The number of alkyl halides is 2. The van der Waals surface area contributed by atoms with Crippen molar-refractivity contribution in [3.8, 4) is 22.8 Å². The van der Waals surface area contributed by atoms with E-state index >= 15 is 8.78 Å². The summed E-state index contributed by atoms with van der Waals surface area (Å²) in [5, 5.41) is 24.1. The molecule has 10 rings (SSSR count). The highest BCUT2D eigenvalue weighted by molar-refractivity contribution is 6.05. The third kappa shape index (κ3) is 6.88. The van der Waals surface area contributed by atoms with Crippen molar-refractivity contribution in [2.24, 2.45) is 5.92 Å². The Hall–Kier alpha value is -5.90. The lowest BCUT2D eigenvalue weighted by molar-refractivity contribution is -0.136. The molecule has 318 valence electrons. The van der Waals surface area contributed by atoms with E-state index in [2.05, 4.69) is 55.8 Å². The average molecular weight is 837 g/mol. The largest absolute Gasteiger partial charge is 0.504 e. The average Bonchev–Trinajstić information content (AvgIpc) is 3.80. The van der Waals surface area contributed by atoms with Crippen molar-refractivity contribution in [2.45, 2.75) is 82.1 Å². The first-order valence-electron chi connectivity index (χ1n) is 21.2. The van der Waals surface area contributed by atoms with Gasteiger partial charge in [0.2, 0.25) is 11.8 Å². The highest BCUT2D eigenvalue weighted by atomic mass is 19.3. The fourth-order valence-electron chi connectivity index (χ4n) is 10.4. The Morgan fingerprint density at radius 1 is 0.951 bits per heavy atom. The van der Waals surface area contributed by atoms with Gasteiger partial charge in [-0.25, -0.2) is 13.2 Å². The second kappa shape index (κ2) is 15.2. The van der Waals surface area contributed by atoms with Crippen LogP contribution in [0.1, 0.15) is 72.1 Å². The number of para-hydroxylation sites is 1. The van der Waals surface area contributed by atoms with Crippen LogP contribution in [0, 0.1) is 11.7 Å². The molecule has 3 amide bonds. The number of benzene rings is 3. The molecule has 3 saturated heterocycles. The summed E-state index contributed by atoms with van der Waals surface area (Å²) in [4.78, 5) is 45.7. The van der Waals surface area contributed by atoms with Gasteiger partial charge in [-0.1, -0.05) is 18.2 Å². The molecule has 7 heterocycles. The fraction of sp³-hybridized carbons (Fsp3) is 0.444. The number of nitrogens with one attached hydrogen (secondary N) is 2. The molecule has 3 N–H and O–H groups in total. The number of aromatic hydroxyl groups is 1. The molecule has 6 aliphatic rings. The zero-order valence-corrected chi connectivity index (χ0v) is 33.8. The van der Waals surface area contributed by atoms with Gasteiger partial charge in [0.05, 0.1) is 17.9 Å². The van der Waals surface area contributed by atoms with Gasteiger partial charge in [0.25, 0.3) is 12.3 Å². The van der Waals surface area contributed by atoms with Gasteiger partial charge in [-0.15, -0.1) is 10.2 Å². The molecular formula is C45H47F3N8O5. The van der Waals surface area contributed by atoms with E-state index in [0.29, 0.717) is 41.7 Å². The number of amides is 3. The summed E-state index contributed by atoms with van der Waals surface area (Å²) in [6.45, 7) is 6.38. The molecule has 0 bridgehead atoms. The Bertz CT molecular complexity index is 2430. The number of halogens is 3. The van der Waals surface area contributed by atoms with Gasteiger partial charge in [-0.05, 0) is 97.7 Å². The molecule has 3 aromatic carbocycles. The molecule has 16 heteroatoms. The number of imide groups is 1. The zero-order valence-electron chi connectivity index (χ0n) is 33.8. The van der Waals surface area contributed by atoms with Crippen molar-refractivity contribution in [3.63, 3.8) is 0 Å². The third-order valence-electron chi connectivity index (χ3n) is 13.9. The van der Waals surface area contributed by atoms with Crippen LogP contribution in [0.2, 0.25) is 0 Å². The van der Waals surface area contributed by atoms with Crippen LogP contribution in [0.25, 0.3) is 11.3 Å². The van der Waals surface area contributed by atoms with Crippen molar-refractivity contribution < 1.29 is 37.4 Å². The molecule has 0 saturated carbocycles. The van der Waals surface area contributed by atoms with Crippen molar-refractivity contribution >= 4 is 34.9 Å². The molecule has 0 spiro atoms. The highest BCUT2D eigenvalue weighted by Gasteiger charge is 2.56.